The second kappa shape index (κ2) is 10.8. The molecular formula is C19H28ClN3O5. The van der Waals surface area contributed by atoms with Gasteiger partial charge in [-0.15, -0.1) is 0 Å². The van der Waals surface area contributed by atoms with Gasteiger partial charge >= 0.3 is 6.09 Å². The van der Waals surface area contributed by atoms with E-state index in [9.17, 15) is 14.4 Å². The average Bonchev–Trinajstić information content (AvgIpc) is 2.56. The van der Waals surface area contributed by atoms with E-state index in [0.717, 1.165) is 0 Å². The minimum absolute atomic E-state index is 0.0226. The highest BCUT2D eigenvalue weighted by Gasteiger charge is 2.16. The third-order valence-electron chi connectivity index (χ3n) is 3.08. The number of nitrogens with one attached hydrogen (secondary N) is 3. The first kappa shape index (κ1) is 23.6. The highest BCUT2D eigenvalue weighted by atomic mass is 35.5. The van der Waals surface area contributed by atoms with Crippen LogP contribution in [0.15, 0.2) is 18.2 Å². The van der Waals surface area contributed by atoms with Crippen LogP contribution in [0.1, 0.15) is 45.0 Å². The lowest BCUT2D eigenvalue weighted by Gasteiger charge is -2.19. The molecule has 1 aromatic rings. The van der Waals surface area contributed by atoms with Gasteiger partial charge in [0.1, 0.15) is 11.4 Å². The van der Waals surface area contributed by atoms with Gasteiger partial charge in [0.2, 0.25) is 5.91 Å². The number of rotatable bonds is 8. The Morgan fingerprint density at radius 2 is 1.71 bits per heavy atom. The van der Waals surface area contributed by atoms with Crippen LogP contribution in [-0.2, 0) is 9.53 Å². The van der Waals surface area contributed by atoms with E-state index in [4.69, 9.17) is 21.1 Å². The molecule has 0 bridgehead atoms. The van der Waals surface area contributed by atoms with Gasteiger partial charge in [0.25, 0.3) is 5.91 Å². The monoisotopic (exact) mass is 413 g/mol. The zero-order valence-corrected chi connectivity index (χ0v) is 17.6. The Bertz CT molecular complexity index is 701. The first-order chi connectivity index (χ1) is 13.0. The summed E-state index contributed by atoms with van der Waals surface area (Å²) in [5.74, 6) is -0.199. The van der Waals surface area contributed by atoms with Gasteiger partial charge in [0.15, 0.2) is 0 Å². The molecular weight excluding hydrogens is 386 g/mol. The maximum atomic E-state index is 12.1. The number of carbonyl (C=O) groups is 3. The molecule has 1 aromatic carbocycles. The molecule has 9 heteroatoms. The largest absolute Gasteiger partial charge is 0.489 e. The number of carbonyl (C=O) groups excluding carboxylic acids is 3. The van der Waals surface area contributed by atoms with E-state index in [1.54, 1.807) is 32.9 Å². The molecule has 3 amide bonds. The van der Waals surface area contributed by atoms with Crippen LogP contribution in [0.25, 0.3) is 0 Å². The Kier molecular flexibility index (Phi) is 9.05. The Morgan fingerprint density at radius 1 is 1.07 bits per heavy atom. The molecule has 0 spiro atoms. The summed E-state index contributed by atoms with van der Waals surface area (Å²) >= 11 is 6.11. The van der Waals surface area contributed by atoms with Gasteiger partial charge in [-0.2, -0.15) is 0 Å². The highest BCUT2D eigenvalue weighted by molar-refractivity contribution is 6.32. The van der Waals surface area contributed by atoms with Gasteiger partial charge < -0.3 is 25.4 Å². The first-order valence-electron chi connectivity index (χ1n) is 8.96. The number of ether oxygens (including phenoxy) is 2. The topological polar surface area (TPSA) is 106 Å². The number of alkyl carbamates (subject to hydrolysis) is 1. The summed E-state index contributed by atoms with van der Waals surface area (Å²) in [6.45, 7) is 9.17. The third kappa shape index (κ3) is 9.45. The zero-order chi connectivity index (χ0) is 21.3. The molecule has 156 valence electrons. The molecule has 0 unspecified atom stereocenters. The zero-order valence-electron chi connectivity index (χ0n) is 16.8. The molecule has 0 aromatic heterocycles. The smallest absolute Gasteiger partial charge is 0.408 e. The predicted molar refractivity (Wildman–Crippen MR) is 107 cm³/mol. The molecule has 0 atom stereocenters. The van der Waals surface area contributed by atoms with E-state index in [-0.39, 0.29) is 31.6 Å². The first-order valence-corrected chi connectivity index (χ1v) is 9.33. The lowest BCUT2D eigenvalue weighted by atomic mass is 10.2. The van der Waals surface area contributed by atoms with Gasteiger partial charge in [-0.3, -0.25) is 9.59 Å². The highest BCUT2D eigenvalue weighted by Crippen LogP contribution is 2.26. The van der Waals surface area contributed by atoms with Crippen LogP contribution >= 0.6 is 11.6 Å². The SMILES string of the molecule is CC(C)Oc1ccc(C(=O)NCCNC(=O)CNC(=O)OC(C)(C)C)cc1Cl. The van der Waals surface area contributed by atoms with Crippen molar-refractivity contribution in [2.24, 2.45) is 0 Å². The van der Waals surface area contributed by atoms with Gasteiger partial charge in [-0.05, 0) is 52.8 Å². The van der Waals surface area contributed by atoms with Crippen LogP contribution in [0.4, 0.5) is 4.79 Å². The van der Waals surface area contributed by atoms with E-state index in [1.165, 1.54) is 6.07 Å². The van der Waals surface area contributed by atoms with Crippen molar-refractivity contribution >= 4 is 29.5 Å². The van der Waals surface area contributed by atoms with Crippen molar-refractivity contribution < 1.29 is 23.9 Å². The Labute approximate surface area is 170 Å². The Morgan fingerprint density at radius 3 is 2.29 bits per heavy atom. The van der Waals surface area contributed by atoms with Gasteiger partial charge in [-0.1, -0.05) is 11.6 Å². The molecule has 0 aliphatic carbocycles. The molecule has 0 fully saturated rings. The standard InChI is InChI=1S/C19H28ClN3O5/c1-12(2)27-15-7-6-13(10-14(15)20)17(25)22-9-8-21-16(24)11-23-18(26)28-19(3,4)5/h6-7,10,12H,8-9,11H2,1-5H3,(H,21,24)(H,22,25)(H,23,26). The van der Waals surface area contributed by atoms with Crippen molar-refractivity contribution in [3.05, 3.63) is 28.8 Å². The van der Waals surface area contributed by atoms with Crippen molar-refractivity contribution in [1.82, 2.24) is 16.0 Å². The summed E-state index contributed by atoms with van der Waals surface area (Å²) in [5.41, 5.74) is -0.244. The molecule has 0 heterocycles. The number of hydrogen-bond acceptors (Lipinski definition) is 5. The number of amides is 3. The fourth-order valence-electron chi connectivity index (χ4n) is 2.00. The predicted octanol–water partition coefficient (Wildman–Crippen LogP) is 2.50. The van der Waals surface area contributed by atoms with Crippen molar-refractivity contribution in [3.63, 3.8) is 0 Å². The minimum atomic E-state index is -0.669. The summed E-state index contributed by atoms with van der Waals surface area (Å²) in [6.07, 6.45) is -0.691. The summed E-state index contributed by atoms with van der Waals surface area (Å²) in [5, 5.41) is 7.95. The van der Waals surface area contributed by atoms with Crippen LogP contribution in [0.2, 0.25) is 5.02 Å². The molecule has 1 rings (SSSR count). The fourth-order valence-corrected chi connectivity index (χ4v) is 2.23. The lowest BCUT2D eigenvalue weighted by Crippen LogP contribution is -2.42. The van der Waals surface area contributed by atoms with E-state index in [2.05, 4.69) is 16.0 Å². The molecule has 0 aliphatic rings. The molecule has 3 N–H and O–H groups in total. The van der Waals surface area contributed by atoms with Gasteiger partial charge in [-0.25, -0.2) is 4.79 Å². The summed E-state index contributed by atoms with van der Waals surface area (Å²) in [7, 11) is 0. The van der Waals surface area contributed by atoms with Crippen LogP contribution in [0, 0.1) is 0 Å². The van der Waals surface area contributed by atoms with Gasteiger partial charge in [0.05, 0.1) is 17.7 Å². The second-order valence-corrected chi connectivity index (χ2v) is 7.68. The van der Waals surface area contributed by atoms with Crippen molar-refractivity contribution in [3.8, 4) is 5.75 Å². The molecule has 0 saturated heterocycles. The van der Waals surface area contributed by atoms with Crippen LogP contribution in [0.3, 0.4) is 0 Å². The van der Waals surface area contributed by atoms with Crippen molar-refractivity contribution in [1.29, 1.82) is 0 Å². The van der Waals surface area contributed by atoms with Crippen molar-refractivity contribution in [2.75, 3.05) is 19.6 Å². The van der Waals surface area contributed by atoms with E-state index >= 15 is 0 Å². The lowest BCUT2D eigenvalue weighted by molar-refractivity contribution is -0.120. The summed E-state index contributed by atoms with van der Waals surface area (Å²) < 4.78 is 10.5. The Balaban J connectivity index is 2.32. The van der Waals surface area contributed by atoms with Crippen LogP contribution < -0.4 is 20.7 Å². The summed E-state index contributed by atoms with van der Waals surface area (Å²) in [6, 6.07) is 4.78. The number of halogens is 1. The average molecular weight is 414 g/mol. The minimum Gasteiger partial charge on any atom is -0.489 e. The fraction of sp³-hybridized carbons (Fsp3) is 0.526. The van der Waals surface area contributed by atoms with Crippen molar-refractivity contribution in [2.45, 2.75) is 46.3 Å². The van der Waals surface area contributed by atoms with Gasteiger partial charge in [0, 0.05) is 18.7 Å². The molecule has 0 aliphatic heterocycles. The van der Waals surface area contributed by atoms with Crippen LogP contribution in [0.5, 0.6) is 5.75 Å². The second-order valence-electron chi connectivity index (χ2n) is 7.27. The third-order valence-corrected chi connectivity index (χ3v) is 3.38. The summed E-state index contributed by atoms with van der Waals surface area (Å²) in [4.78, 5) is 35.3. The quantitative estimate of drug-likeness (QED) is 0.568. The van der Waals surface area contributed by atoms with Crippen LogP contribution in [-0.4, -0.2) is 49.2 Å². The maximum absolute atomic E-state index is 12.1. The molecule has 0 saturated carbocycles. The van der Waals surface area contributed by atoms with E-state index in [1.807, 2.05) is 13.8 Å². The Hall–Kier alpha value is -2.48. The maximum Gasteiger partial charge on any atom is 0.408 e. The van der Waals surface area contributed by atoms with E-state index < -0.39 is 17.6 Å². The van der Waals surface area contributed by atoms with E-state index in [0.29, 0.717) is 16.3 Å². The number of benzene rings is 1. The molecule has 28 heavy (non-hydrogen) atoms. The normalized spacial score (nSPS) is 11.0. The number of hydrogen-bond donors (Lipinski definition) is 3. The molecule has 0 radical (unpaired) electrons. The molecule has 8 nitrogen and oxygen atoms in total.